The molecule has 0 heterocycles. The highest BCUT2D eigenvalue weighted by atomic mass is 16.5. The molecule has 0 unspecified atom stereocenters. The predicted molar refractivity (Wildman–Crippen MR) is 97.6 cm³/mol. The van der Waals surface area contributed by atoms with Crippen LogP contribution in [-0.4, -0.2) is 19.6 Å². The van der Waals surface area contributed by atoms with Crippen molar-refractivity contribution in [2.24, 2.45) is 0 Å². The van der Waals surface area contributed by atoms with E-state index < -0.39 is 5.91 Å². The van der Waals surface area contributed by atoms with Crippen LogP contribution in [0.3, 0.4) is 0 Å². The number of aryl methyl sites for hydroxylation is 1. The zero-order chi connectivity index (χ0) is 18.2. The van der Waals surface area contributed by atoms with Gasteiger partial charge in [0.1, 0.15) is 23.1 Å². The molecule has 0 saturated carbocycles. The summed E-state index contributed by atoms with van der Waals surface area (Å²) in [6.45, 7) is 4.25. The summed E-state index contributed by atoms with van der Waals surface area (Å²) >= 11 is 0. The molecule has 5 nitrogen and oxygen atoms in total. The molecule has 0 aliphatic heterocycles. The maximum Gasteiger partial charge on any atom is 0.266 e. The molecule has 0 aliphatic rings. The number of rotatable bonds is 6. The van der Waals surface area contributed by atoms with Crippen molar-refractivity contribution >= 4 is 17.7 Å². The molecule has 0 radical (unpaired) electrons. The van der Waals surface area contributed by atoms with Crippen molar-refractivity contribution in [1.82, 2.24) is 0 Å². The highest BCUT2D eigenvalue weighted by Gasteiger charge is 2.12. The van der Waals surface area contributed by atoms with Gasteiger partial charge in [-0.05, 0) is 55.3 Å². The summed E-state index contributed by atoms with van der Waals surface area (Å²) in [5, 5.41) is 12.1. The number of benzene rings is 2. The van der Waals surface area contributed by atoms with E-state index in [1.807, 2.05) is 32.0 Å². The normalized spacial score (nSPS) is 10.7. The molecule has 1 amide bonds. The second-order valence-corrected chi connectivity index (χ2v) is 5.28. The van der Waals surface area contributed by atoms with Crippen molar-refractivity contribution in [3.8, 4) is 17.6 Å². The SMILES string of the molecule is CCOc1ccccc1NC(=O)/C(C#N)=C/c1ccc(OC)c(C)c1. The van der Waals surface area contributed by atoms with Gasteiger partial charge in [0, 0.05) is 0 Å². The number of nitrogens with zero attached hydrogens (tertiary/aromatic N) is 1. The summed E-state index contributed by atoms with van der Waals surface area (Å²) in [5.74, 6) is 0.838. The third-order valence-electron chi connectivity index (χ3n) is 3.53. The Morgan fingerprint density at radius 2 is 2.00 bits per heavy atom. The summed E-state index contributed by atoms with van der Waals surface area (Å²) in [6, 6.07) is 14.5. The summed E-state index contributed by atoms with van der Waals surface area (Å²) in [6.07, 6.45) is 1.55. The van der Waals surface area contributed by atoms with Crippen molar-refractivity contribution in [3.05, 3.63) is 59.2 Å². The molecule has 5 heteroatoms. The maximum absolute atomic E-state index is 12.4. The van der Waals surface area contributed by atoms with Gasteiger partial charge < -0.3 is 14.8 Å². The van der Waals surface area contributed by atoms with E-state index in [-0.39, 0.29) is 5.57 Å². The Balaban J connectivity index is 2.24. The Hall–Kier alpha value is -3.26. The zero-order valence-corrected chi connectivity index (χ0v) is 14.5. The van der Waals surface area contributed by atoms with Gasteiger partial charge in [-0.3, -0.25) is 4.79 Å². The molecule has 2 aromatic carbocycles. The average molecular weight is 336 g/mol. The monoisotopic (exact) mass is 336 g/mol. The van der Waals surface area contributed by atoms with Crippen molar-refractivity contribution in [3.63, 3.8) is 0 Å². The first-order chi connectivity index (χ1) is 12.1. The Morgan fingerprint density at radius 1 is 1.24 bits per heavy atom. The van der Waals surface area contributed by atoms with Crippen molar-refractivity contribution in [2.45, 2.75) is 13.8 Å². The fraction of sp³-hybridized carbons (Fsp3) is 0.200. The number of amides is 1. The number of methoxy groups -OCH3 is 1. The molecular formula is C20H20N2O3. The predicted octanol–water partition coefficient (Wildman–Crippen LogP) is 3.95. The van der Waals surface area contributed by atoms with Gasteiger partial charge in [-0.25, -0.2) is 0 Å². The van der Waals surface area contributed by atoms with Crippen molar-refractivity contribution in [2.75, 3.05) is 19.0 Å². The van der Waals surface area contributed by atoms with E-state index in [4.69, 9.17) is 9.47 Å². The lowest BCUT2D eigenvalue weighted by atomic mass is 10.1. The minimum Gasteiger partial charge on any atom is -0.496 e. The molecule has 128 valence electrons. The van der Waals surface area contributed by atoms with Crippen LogP contribution in [-0.2, 0) is 4.79 Å². The number of nitriles is 1. The quantitative estimate of drug-likeness (QED) is 0.640. The molecule has 0 saturated heterocycles. The fourth-order valence-electron chi connectivity index (χ4n) is 2.35. The van der Waals surface area contributed by atoms with Crippen LogP contribution in [0.2, 0.25) is 0 Å². The van der Waals surface area contributed by atoms with Gasteiger partial charge in [0.15, 0.2) is 0 Å². The topological polar surface area (TPSA) is 71.3 Å². The van der Waals surface area contributed by atoms with Gasteiger partial charge in [0.05, 0.1) is 19.4 Å². The number of hydrogen-bond acceptors (Lipinski definition) is 4. The first-order valence-electron chi connectivity index (χ1n) is 7.88. The summed E-state index contributed by atoms with van der Waals surface area (Å²) in [4.78, 5) is 12.4. The molecule has 1 N–H and O–H groups in total. The van der Waals surface area contributed by atoms with E-state index in [1.54, 1.807) is 43.5 Å². The van der Waals surface area contributed by atoms with E-state index >= 15 is 0 Å². The lowest BCUT2D eigenvalue weighted by molar-refractivity contribution is -0.112. The molecule has 0 fully saturated rings. The number of hydrogen-bond donors (Lipinski definition) is 1. The van der Waals surface area contributed by atoms with E-state index in [9.17, 15) is 10.1 Å². The minimum atomic E-state index is -0.483. The molecule has 0 aliphatic carbocycles. The first kappa shape index (κ1) is 18.1. The average Bonchev–Trinajstić information content (AvgIpc) is 2.61. The van der Waals surface area contributed by atoms with E-state index in [0.29, 0.717) is 18.0 Å². The number of carbonyl (C=O) groups is 1. The first-order valence-corrected chi connectivity index (χ1v) is 7.88. The Bertz CT molecular complexity index is 835. The molecule has 2 rings (SSSR count). The molecule has 0 spiro atoms. The Morgan fingerprint density at radius 3 is 2.64 bits per heavy atom. The van der Waals surface area contributed by atoms with Crippen LogP contribution in [0.1, 0.15) is 18.1 Å². The van der Waals surface area contributed by atoms with Gasteiger partial charge in [0.25, 0.3) is 5.91 Å². The number of para-hydroxylation sites is 2. The number of anilines is 1. The second-order valence-electron chi connectivity index (χ2n) is 5.28. The maximum atomic E-state index is 12.4. The Kier molecular flexibility index (Phi) is 6.19. The molecule has 0 bridgehead atoms. The van der Waals surface area contributed by atoms with Crippen LogP contribution in [0.5, 0.6) is 11.5 Å². The second kappa shape index (κ2) is 8.55. The van der Waals surface area contributed by atoms with E-state index in [0.717, 1.165) is 16.9 Å². The largest absolute Gasteiger partial charge is 0.496 e. The van der Waals surface area contributed by atoms with E-state index in [1.165, 1.54) is 0 Å². The molecule has 25 heavy (non-hydrogen) atoms. The summed E-state index contributed by atoms with van der Waals surface area (Å²) < 4.78 is 10.7. The van der Waals surface area contributed by atoms with Gasteiger partial charge >= 0.3 is 0 Å². The third-order valence-corrected chi connectivity index (χ3v) is 3.53. The molecular weight excluding hydrogens is 316 g/mol. The van der Waals surface area contributed by atoms with Gasteiger partial charge in [0.2, 0.25) is 0 Å². The summed E-state index contributed by atoms with van der Waals surface area (Å²) in [7, 11) is 1.60. The molecule has 0 aromatic heterocycles. The fourth-order valence-corrected chi connectivity index (χ4v) is 2.35. The highest BCUT2D eigenvalue weighted by molar-refractivity contribution is 6.10. The standard InChI is InChI=1S/C20H20N2O3/c1-4-25-19-8-6-5-7-17(19)22-20(23)16(13-21)12-15-9-10-18(24-3)14(2)11-15/h5-12H,4H2,1-3H3,(H,22,23)/b16-12+. The van der Waals surface area contributed by atoms with Crippen LogP contribution in [0.25, 0.3) is 6.08 Å². The van der Waals surface area contributed by atoms with Gasteiger partial charge in [-0.15, -0.1) is 0 Å². The van der Waals surface area contributed by atoms with Crippen LogP contribution in [0, 0.1) is 18.3 Å². The lowest BCUT2D eigenvalue weighted by Gasteiger charge is -2.11. The third kappa shape index (κ3) is 4.61. The van der Waals surface area contributed by atoms with Gasteiger partial charge in [-0.2, -0.15) is 5.26 Å². The molecule has 2 aromatic rings. The van der Waals surface area contributed by atoms with Crippen LogP contribution < -0.4 is 14.8 Å². The summed E-state index contributed by atoms with van der Waals surface area (Å²) in [5.41, 5.74) is 2.22. The minimum absolute atomic E-state index is 0.0101. The number of ether oxygens (including phenoxy) is 2. The van der Waals surface area contributed by atoms with Crippen LogP contribution >= 0.6 is 0 Å². The number of carbonyl (C=O) groups excluding carboxylic acids is 1. The van der Waals surface area contributed by atoms with Crippen molar-refractivity contribution < 1.29 is 14.3 Å². The zero-order valence-electron chi connectivity index (χ0n) is 14.5. The highest BCUT2D eigenvalue weighted by Crippen LogP contribution is 2.25. The van der Waals surface area contributed by atoms with Crippen LogP contribution in [0.15, 0.2) is 48.0 Å². The smallest absolute Gasteiger partial charge is 0.266 e. The van der Waals surface area contributed by atoms with Crippen molar-refractivity contribution in [1.29, 1.82) is 5.26 Å². The molecule has 0 atom stereocenters. The van der Waals surface area contributed by atoms with Crippen LogP contribution in [0.4, 0.5) is 5.69 Å². The van der Waals surface area contributed by atoms with E-state index in [2.05, 4.69) is 5.32 Å². The Labute approximate surface area is 147 Å². The lowest BCUT2D eigenvalue weighted by Crippen LogP contribution is -2.14. The number of nitrogens with one attached hydrogen (secondary N) is 1. The van der Waals surface area contributed by atoms with Gasteiger partial charge in [-0.1, -0.05) is 18.2 Å².